The highest BCUT2D eigenvalue weighted by Crippen LogP contribution is 2.45. The average molecular weight is 426 g/mol. The van der Waals surface area contributed by atoms with Crippen molar-refractivity contribution in [2.45, 2.75) is 5.92 Å². The second-order valence-electron chi connectivity index (χ2n) is 5.65. The lowest BCUT2D eigenvalue weighted by molar-refractivity contribution is 1.04. The zero-order valence-electron chi connectivity index (χ0n) is 12.3. The summed E-state index contributed by atoms with van der Waals surface area (Å²) < 4.78 is 2.29. The summed E-state index contributed by atoms with van der Waals surface area (Å²) in [6, 6.07) is 25.6. The van der Waals surface area contributed by atoms with E-state index >= 15 is 0 Å². The standard InChI is InChI=1S/C21H14Br2/c22-20-11-5-3-9-16(20)18-13-19(15-8-2-1-7-14(15)18)17-10-4-6-12-21(17)23/h1-13,18H. The topological polar surface area (TPSA) is 0 Å². The Bertz CT molecular complexity index is 909. The SMILES string of the molecule is Brc1ccccc1C1=CC(c2ccccc2Br)c2ccccc21. The van der Waals surface area contributed by atoms with Gasteiger partial charge in [-0.15, -0.1) is 0 Å². The fourth-order valence-electron chi connectivity index (χ4n) is 3.26. The molecule has 0 saturated carbocycles. The van der Waals surface area contributed by atoms with Crippen molar-refractivity contribution in [1.29, 1.82) is 0 Å². The van der Waals surface area contributed by atoms with Crippen molar-refractivity contribution in [1.82, 2.24) is 0 Å². The Hall–Kier alpha value is -1.64. The van der Waals surface area contributed by atoms with Crippen LogP contribution in [0, 0.1) is 0 Å². The predicted octanol–water partition coefficient (Wildman–Crippen LogP) is 6.79. The summed E-state index contributed by atoms with van der Waals surface area (Å²) in [5.74, 6) is 0.281. The van der Waals surface area contributed by atoms with Crippen molar-refractivity contribution < 1.29 is 0 Å². The maximum Gasteiger partial charge on any atom is 0.0296 e. The Morgan fingerprint density at radius 1 is 0.565 bits per heavy atom. The third-order valence-electron chi connectivity index (χ3n) is 4.32. The van der Waals surface area contributed by atoms with E-state index in [1.54, 1.807) is 0 Å². The third kappa shape index (κ3) is 2.60. The van der Waals surface area contributed by atoms with Crippen LogP contribution in [0.2, 0.25) is 0 Å². The number of allylic oxidation sites excluding steroid dienone is 1. The normalized spacial score (nSPS) is 16.1. The highest BCUT2D eigenvalue weighted by Gasteiger charge is 2.26. The number of hydrogen-bond acceptors (Lipinski definition) is 0. The molecule has 0 fully saturated rings. The lowest BCUT2D eigenvalue weighted by Crippen LogP contribution is -1.96. The maximum absolute atomic E-state index is 3.71. The molecule has 0 nitrogen and oxygen atoms in total. The van der Waals surface area contributed by atoms with Crippen LogP contribution in [0.4, 0.5) is 0 Å². The molecule has 0 N–H and O–H groups in total. The molecule has 4 rings (SSSR count). The van der Waals surface area contributed by atoms with Gasteiger partial charge in [0.2, 0.25) is 0 Å². The minimum absolute atomic E-state index is 0.281. The van der Waals surface area contributed by atoms with Gasteiger partial charge in [-0.2, -0.15) is 0 Å². The molecule has 1 aliphatic carbocycles. The first-order chi connectivity index (χ1) is 11.3. The van der Waals surface area contributed by atoms with Gasteiger partial charge in [0.05, 0.1) is 0 Å². The maximum atomic E-state index is 3.71. The van der Waals surface area contributed by atoms with E-state index in [0.717, 1.165) is 8.95 Å². The van der Waals surface area contributed by atoms with Crippen molar-refractivity contribution >= 4 is 37.4 Å². The second kappa shape index (κ2) is 6.10. The largest absolute Gasteiger partial charge is 0.0640 e. The predicted molar refractivity (Wildman–Crippen MR) is 104 cm³/mol. The zero-order chi connectivity index (χ0) is 15.8. The van der Waals surface area contributed by atoms with Crippen LogP contribution in [0.25, 0.3) is 5.57 Å². The molecular formula is C21H14Br2. The number of fused-ring (bicyclic) bond motifs is 1. The Balaban J connectivity index is 1.93. The summed E-state index contributed by atoms with van der Waals surface area (Å²) in [6.07, 6.45) is 2.38. The van der Waals surface area contributed by atoms with Gasteiger partial charge in [0.1, 0.15) is 0 Å². The summed E-state index contributed by atoms with van der Waals surface area (Å²) in [5, 5.41) is 0. The molecule has 1 aliphatic rings. The molecular weight excluding hydrogens is 412 g/mol. The van der Waals surface area contributed by atoms with E-state index in [1.807, 2.05) is 0 Å². The van der Waals surface area contributed by atoms with Gasteiger partial charge in [-0.1, -0.05) is 98.6 Å². The first kappa shape index (κ1) is 14.9. The van der Waals surface area contributed by atoms with Crippen LogP contribution in [0.3, 0.4) is 0 Å². The summed E-state index contributed by atoms with van der Waals surface area (Å²) in [4.78, 5) is 0. The van der Waals surface area contributed by atoms with E-state index in [4.69, 9.17) is 0 Å². The van der Waals surface area contributed by atoms with Gasteiger partial charge in [0, 0.05) is 14.9 Å². The first-order valence-corrected chi connectivity index (χ1v) is 9.15. The molecule has 2 heteroatoms. The van der Waals surface area contributed by atoms with Crippen LogP contribution in [-0.2, 0) is 0 Å². The highest BCUT2D eigenvalue weighted by atomic mass is 79.9. The average Bonchev–Trinajstić information content (AvgIpc) is 2.95. The lowest BCUT2D eigenvalue weighted by Gasteiger charge is -2.13. The van der Waals surface area contributed by atoms with E-state index in [-0.39, 0.29) is 5.92 Å². The molecule has 0 saturated heterocycles. The van der Waals surface area contributed by atoms with Crippen LogP contribution < -0.4 is 0 Å². The molecule has 0 radical (unpaired) electrons. The van der Waals surface area contributed by atoms with E-state index < -0.39 is 0 Å². The number of benzene rings is 3. The van der Waals surface area contributed by atoms with Gasteiger partial charge < -0.3 is 0 Å². The summed E-state index contributed by atoms with van der Waals surface area (Å²) in [6.45, 7) is 0. The molecule has 0 aromatic heterocycles. The van der Waals surface area contributed by atoms with Gasteiger partial charge in [-0.05, 0) is 40.0 Å². The van der Waals surface area contributed by atoms with Gasteiger partial charge >= 0.3 is 0 Å². The first-order valence-electron chi connectivity index (χ1n) is 7.56. The third-order valence-corrected chi connectivity index (χ3v) is 5.74. The smallest absolute Gasteiger partial charge is 0.0296 e. The van der Waals surface area contributed by atoms with Crippen molar-refractivity contribution in [3.8, 4) is 0 Å². The van der Waals surface area contributed by atoms with Crippen LogP contribution in [0.15, 0.2) is 87.8 Å². The van der Waals surface area contributed by atoms with Crippen LogP contribution in [0.1, 0.15) is 28.2 Å². The molecule has 0 spiro atoms. The van der Waals surface area contributed by atoms with Crippen LogP contribution in [0.5, 0.6) is 0 Å². The van der Waals surface area contributed by atoms with Gasteiger partial charge in [0.15, 0.2) is 0 Å². The number of hydrogen-bond donors (Lipinski definition) is 0. The van der Waals surface area contributed by atoms with E-state index in [1.165, 1.54) is 27.8 Å². The fraction of sp³-hybridized carbons (Fsp3) is 0.0476. The molecule has 23 heavy (non-hydrogen) atoms. The number of rotatable bonds is 2. The van der Waals surface area contributed by atoms with Crippen LogP contribution >= 0.6 is 31.9 Å². The fourth-order valence-corrected chi connectivity index (χ4v) is 4.29. The molecule has 0 bridgehead atoms. The second-order valence-corrected chi connectivity index (χ2v) is 7.36. The quantitative estimate of drug-likeness (QED) is 0.424. The van der Waals surface area contributed by atoms with E-state index in [0.29, 0.717) is 0 Å². The van der Waals surface area contributed by atoms with Crippen molar-refractivity contribution in [3.63, 3.8) is 0 Å². The summed E-state index contributed by atoms with van der Waals surface area (Å²) in [5.41, 5.74) is 6.54. The molecule has 3 aromatic rings. The van der Waals surface area contributed by atoms with Gasteiger partial charge in [-0.3, -0.25) is 0 Å². The molecule has 0 amide bonds. The minimum atomic E-state index is 0.281. The Morgan fingerprint density at radius 2 is 1.13 bits per heavy atom. The minimum Gasteiger partial charge on any atom is -0.0640 e. The monoisotopic (exact) mass is 424 g/mol. The lowest BCUT2D eigenvalue weighted by atomic mass is 9.93. The summed E-state index contributed by atoms with van der Waals surface area (Å²) >= 11 is 7.41. The van der Waals surface area contributed by atoms with Crippen molar-refractivity contribution in [3.05, 3.63) is 110 Å². The van der Waals surface area contributed by atoms with Gasteiger partial charge in [-0.25, -0.2) is 0 Å². The molecule has 0 aliphatic heterocycles. The van der Waals surface area contributed by atoms with Crippen molar-refractivity contribution in [2.75, 3.05) is 0 Å². The molecule has 112 valence electrons. The Labute approximate surface area is 153 Å². The van der Waals surface area contributed by atoms with E-state index in [9.17, 15) is 0 Å². The highest BCUT2D eigenvalue weighted by molar-refractivity contribution is 9.10. The molecule has 3 aromatic carbocycles. The molecule has 1 unspecified atom stereocenters. The van der Waals surface area contributed by atoms with Crippen molar-refractivity contribution in [2.24, 2.45) is 0 Å². The van der Waals surface area contributed by atoms with E-state index in [2.05, 4.69) is 111 Å². The zero-order valence-corrected chi connectivity index (χ0v) is 15.5. The van der Waals surface area contributed by atoms with Gasteiger partial charge in [0.25, 0.3) is 0 Å². The number of halogens is 2. The Morgan fingerprint density at radius 3 is 1.83 bits per heavy atom. The molecule has 1 atom stereocenters. The Kier molecular flexibility index (Phi) is 3.96. The summed E-state index contributed by atoms with van der Waals surface area (Å²) in [7, 11) is 0. The molecule has 0 heterocycles. The van der Waals surface area contributed by atoms with Crippen LogP contribution in [-0.4, -0.2) is 0 Å².